The van der Waals surface area contributed by atoms with Crippen molar-refractivity contribution in [1.82, 2.24) is 4.57 Å². The maximum absolute atomic E-state index is 13.0. The number of ether oxygens (including phenoxy) is 3. The summed E-state index contributed by atoms with van der Waals surface area (Å²) in [6, 6.07) is 13.0. The molecule has 2 atom stereocenters. The first kappa shape index (κ1) is 20.8. The Kier molecular flexibility index (Phi) is 4.89. The van der Waals surface area contributed by atoms with Gasteiger partial charge in [0, 0.05) is 28.0 Å². The van der Waals surface area contributed by atoms with Gasteiger partial charge in [-0.25, -0.2) is 4.79 Å². The molecule has 0 spiro atoms. The number of aromatic nitrogens is 1. The molecule has 2 aliphatic heterocycles. The smallest absolute Gasteiger partial charge is 0.419 e. The van der Waals surface area contributed by atoms with Gasteiger partial charge in [0.25, 0.3) is 0 Å². The zero-order valence-electron chi connectivity index (χ0n) is 17.9. The number of rotatable bonds is 1. The monoisotopic (exact) mass is 495 g/mol. The van der Waals surface area contributed by atoms with E-state index < -0.39 is 17.8 Å². The number of carbonyl (C=O) groups excluding carboxylic acids is 2. The molecule has 164 valence electrons. The Bertz CT molecular complexity index is 1280. The average molecular weight is 496 g/mol. The molecule has 0 bridgehead atoms. The van der Waals surface area contributed by atoms with Gasteiger partial charge >= 0.3 is 6.09 Å². The maximum atomic E-state index is 13.0. The first-order chi connectivity index (χ1) is 15.2. The molecule has 0 radical (unpaired) electrons. The van der Waals surface area contributed by atoms with Crippen LogP contribution in [0.3, 0.4) is 0 Å². The van der Waals surface area contributed by atoms with Crippen LogP contribution in [0.15, 0.2) is 65.0 Å². The van der Waals surface area contributed by atoms with E-state index >= 15 is 0 Å². The van der Waals surface area contributed by atoms with Crippen LogP contribution < -0.4 is 4.74 Å². The standard InChI is InChI=1S/C25H22BrNO5/c1-25(2,3)32-24(29)27-12-17(15-6-4-5-7-19(15)27)21-11-22-18(13-30-21)23(28)16-10-14(26)8-9-20(16)31-22/h4-10,12-13,21-22H,11H2,1-3H3/t21-,22+/m1/s1. The lowest BCUT2D eigenvalue weighted by Gasteiger charge is -2.33. The van der Waals surface area contributed by atoms with Crippen LogP contribution in [0.4, 0.5) is 4.79 Å². The van der Waals surface area contributed by atoms with Crippen LogP contribution in [0.2, 0.25) is 0 Å². The van der Waals surface area contributed by atoms with Gasteiger partial charge in [-0.05, 0) is 45.0 Å². The Morgan fingerprint density at radius 2 is 1.94 bits per heavy atom. The first-order valence-corrected chi connectivity index (χ1v) is 11.2. The van der Waals surface area contributed by atoms with Gasteiger partial charge < -0.3 is 14.2 Å². The second kappa shape index (κ2) is 7.52. The van der Waals surface area contributed by atoms with Crippen molar-refractivity contribution < 1.29 is 23.8 Å². The van der Waals surface area contributed by atoms with Gasteiger partial charge in [0.1, 0.15) is 23.6 Å². The summed E-state index contributed by atoms with van der Waals surface area (Å²) < 4.78 is 20.1. The Labute approximate surface area is 193 Å². The van der Waals surface area contributed by atoms with Crippen LogP contribution in [-0.2, 0) is 9.47 Å². The SMILES string of the molecule is CC(C)(C)OC(=O)n1cc([C@H]2C[C@@H]3Oc4ccc(Br)cc4C(=O)C3=CO2)c2ccccc21. The molecular weight excluding hydrogens is 474 g/mol. The van der Waals surface area contributed by atoms with Crippen LogP contribution in [0.1, 0.15) is 49.2 Å². The predicted molar refractivity (Wildman–Crippen MR) is 123 cm³/mol. The highest BCUT2D eigenvalue weighted by molar-refractivity contribution is 9.10. The fourth-order valence-corrected chi connectivity index (χ4v) is 4.50. The number of hydrogen-bond donors (Lipinski definition) is 0. The molecule has 0 amide bonds. The van der Waals surface area contributed by atoms with E-state index in [9.17, 15) is 9.59 Å². The van der Waals surface area contributed by atoms with Crippen molar-refractivity contribution in [3.05, 3.63) is 76.1 Å². The van der Waals surface area contributed by atoms with Crippen molar-refractivity contribution in [3.8, 4) is 5.75 Å². The van der Waals surface area contributed by atoms with Crippen LogP contribution in [0.5, 0.6) is 5.75 Å². The Morgan fingerprint density at radius 1 is 1.16 bits per heavy atom. The summed E-state index contributed by atoms with van der Waals surface area (Å²) in [7, 11) is 0. The van der Waals surface area contributed by atoms with E-state index in [-0.39, 0.29) is 11.9 Å². The van der Waals surface area contributed by atoms with Crippen molar-refractivity contribution >= 4 is 38.7 Å². The summed E-state index contributed by atoms with van der Waals surface area (Å²) in [5, 5.41) is 0.895. The van der Waals surface area contributed by atoms with E-state index in [4.69, 9.17) is 14.2 Å². The van der Waals surface area contributed by atoms with Gasteiger partial charge in [-0.2, -0.15) is 0 Å². The molecule has 2 aromatic carbocycles. The first-order valence-electron chi connectivity index (χ1n) is 10.4. The number of halogens is 1. The molecule has 3 aromatic rings. The van der Waals surface area contributed by atoms with Crippen molar-refractivity contribution in [1.29, 1.82) is 0 Å². The zero-order valence-corrected chi connectivity index (χ0v) is 19.5. The van der Waals surface area contributed by atoms with Gasteiger partial charge in [-0.1, -0.05) is 34.1 Å². The molecule has 7 heteroatoms. The Morgan fingerprint density at radius 3 is 2.72 bits per heavy atom. The van der Waals surface area contributed by atoms with Crippen LogP contribution in [0, 0.1) is 0 Å². The fraction of sp³-hybridized carbons (Fsp3) is 0.280. The predicted octanol–water partition coefficient (Wildman–Crippen LogP) is 6.18. The third-order valence-electron chi connectivity index (χ3n) is 5.53. The zero-order chi connectivity index (χ0) is 22.6. The molecule has 0 saturated carbocycles. The highest BCUT2D eigenvalue weighted by Crippen LogP contribution is 2.41. The third kappa shape index (κ3) is 3.60. The summed E-state index contributed by atoms with van der Waals surface area (Å²) in [6.45, 7) is 5.51. The molecule has 1 aromatic heterocycles. The number of benzene rings is 2. The summed E-state index contributed by atoms with van der Waals surface area (Å²) in [5.74, 6) is 0.476. The Hall–Kier alpha value is -3.06. The number of fused-ring (bicyclic) bond motifs is 3. The molecule has 2 aliphatic rings. The summed E-state index contributed by atoms with van der Waals surface area (Å²) in [4.78, 5) is 25.8. The number of hydrogen-bond acceptors (Lipinski definition) is 5. The van der Waals surface area contributed by atoms with E-state index in [2.05, 4.69) is 15.9 Å². The van der Waals surface area contributed by atoms with Crippen LogP contribution >= 0.6 is 15.9 Å². The fourth-order valence-electron chi connectivity index (χ4n) is 4.14. The van der Waals surface area contributed by atoms with Crippen molar-refractivity contribution in [2.24, 2.45) is 0 Å². The lowest BCUT2D eigenvalue weighted by atomic mass is 9.89. The van der Waals surface area contributed by atoms with E-state index in [1.807, 2.05) is 51.1 Å². The summed E-state index contributed by atoms with van der Waals surface area (Å²) in [6.07, 6.45) is 2.48. The van der Waals surface area contributed by atoms with E-state index in [1.54, 1.807) is 18.3 Å². The molecule has 3 heterocycles. The van der Waals surface area contributed by atoms with Crippen molar-refractivity contribution in [3.63, 3.8) is 0 Å². The second-order valence-electron chi connectivity index (χ2n) is 8.96. The molecule has 0 aliphatic carbocycles. The molecule has 0 fully saturated rings. The number of ketones is 1. The molecule has 0 N–H and O–H groups in total. The minimum atomic E-state index is -0.611. The number of para-hydroxylation sites is 1. The molecule has 0 saturated heterocycles. The van der Waals surface area contributed by atoms with E-state index in [0.717, 1.165) is 20.9 Å². The highest BCUT2D eigenvalue weighted by Gasteiger charge is 2.38. The molecule has 6 nitrogen and oxygen atoms in total. The Balaban J connectivity index is 1.50. The number of Topliss-reactive ketones (excluding diaryl/α,β-unsaturated/α-hetero) is 1. The molecule has 0 unspecified atom stereocenters. The van der Waals surface area contributed by atoms with Gasteiger partial charge in [-0.3, -0.25) is 9.36 Å². The summed E-state index contributed by atoms with van der Waals surface area (Å²) >= 11 is 3.40. The molecular formula is C25H22BrNO5. The number of carbonyl (C=O) groups is 2. The third-order valence-corrected chi connectivity index (χ3v) is 6.03. The summed E-state index contributed by atoms with van der Waals surface area (Å²) in [5.41, 5.74) is 2.00. The maximum Gasteiger partial charge on any atom is 0.419 e. The normalized spacial score (nSPS) is 20.0. The van der Waals surface area contributed by atoms with Gasteiger partial charge in [0.15, 0.2) is 5.78 Å². The van der Waals surface area contributed by atoms with Gasteiger partial charge in [0.2, 0.25) is 0 Å². The topological polar surface area (TPSA) is 66.8 Å². The average Bonchev–Trinajstić information content (AvgIpc) is 3.13. The molecule has 5 rings (SSSR count). The highest BCUT2D eigenvalue weighted by atomic mass is 79.9. The molecule has 32 heavy (non-hydrogen) atoms. The minimum Gasteiger partial charge on any atom is -0.493 e. The minimum absolute atomic E-state index is 0.0906. The van der Waals surface area contributed by atoms with Crippen LogP contribution in [0.25, 0.3) is 10.9 Å². The number of nitrogens with zero attached hydrogens (tertiary/aromatic N) is 1. The van der Waals surface area contributed by atoms with E-state index in [0.29, 0.717) is 23.3 Å². The lowest BCUT2D eigenvalue weighted by Crippen LogP contribution is -2.34. The van der Waals surface area contributed by atoms with Gasteiger partial charge in [0.05, 0.1) is 22.9 Å². The quantitative estimate of drug-likeness (QED) is 0.403. The van der Waals surface area contributed by atoms with Crippen molar-refractivity contribution in [2.45, 2.75) is 45.0 Å². The second-order valence-corrected chi connectivity index (χ2v) is 9.88. The lowest BCUT2D eigenvalue weighted by molar-refractivity contribution is 0.0531. The largest absolute Gasteiger partial charge is 0.493 e. The van der Waals surface area contributed by atoms with Gasteiger partial charge in [-0.15, -0.1) is 0 Å². The van der Waals surface area contributed by atoms with E-state index in [1.165, 1.54) is 10.8 Å². The van der Waals surface area contributed by atoms with Crippen LogP contribution in [-0.4, -0.2) is 28.1 Å². The van der Waals surface area contributed by atoms with Crippen molar-refractivity contribution in [2.75, 3.05) is 0 Å².